The quantitative estimate of drug-likeness (QED) is 0.687. The highest BCUT2D eigenvalue weighted by atomic mass is 16.5. The summed E-state index contributed by atoms with van der Waals surface area (Å²) in [5, 5.41) is 17.8. The number of morpholine rings is 1. The summed E-state index contributed by atoms with van der Waals surface area (Å²) >= 11 is 0. The summed E-state index contributed by atoms with van der Waals surface area (Å²) in [7, 11) is 0. The summed E-state index contributed by atoms with van der Waals surface area (Å²) in [4.78, 5) is 6.09. The summed E-state index contributed by atoms with van der Waals surface area (Å²) < 4.78 is 5.24. The molecule has 0 radical (unpaired) electrons. The third-order valence-corrected chi connectivity index (χ3v) is 2.42. The van der Waals surface area contributed by atoms with Crippen LogP contribution in [0.25, 0.3) is 0 Å². The van der Waals surface area contributed by atoms with E-state index in [-0.39, 0.29) is 0 Å². The lowest BCUT2D eigenvalue weighted by atomic mass is 10.2. The topological polar surface area (TPSA) is 72.9 Å². The highest BCUT2D eigenvalue weighted by Crippen LogP contribution is 2.18. The number of ether oxygens (including phenoxy) is 1. The van der Waals surface area contributed by atoms with E-state index in [2.05, 4.69) is 17.1 Å². The smallest absolute Gasteiger partial charge is 0.161 e. The van der Waals surface area contributed by atoms with Crippen molar-refractivity contribution in [2.75, 3.05) is 24.6 Å². The SMILES string of the molecule is N#Cc1cccnc1N1CCOC(C#N)C1. The van der Waals surface area contributed by atoms with E-state index in [1.807, 2.05) is 4.90 Å². The van der Waals surface area contributed by atoms with Gasteiger partial charge in [-0.1, -0.05) is 0 Å². The van der Waals surface area contributed by atoms with Gasteiger partial charge in [-0.3, -0.25) is 0 Å². The molecule has 1 aliphatic heterocycles. The van der Waals surface area contributed by atoms with Gasteiger partial charge < -0.3 is 9.64 Å². The van der Waals surface area contributed by atoms with E-state index < -0.39 is 6.10 Å². The molecule has 5 heteroatoms. The van der Waals surface area contributed by atoms with Crippen LogP contribution in [0.3, 0.4) is 0 Å². The molecule has 0 N–H and O–H groups in total. The lowest BCUT2D eigenvalue weighted by molar-refractivity contribution is 0.0761. The van der Waals surface area contributed by atoms with Crippen molar-refractivity contribution in [3.8, 4) is 12.1 Å². The fraction of sp³-hybridized carbons (Fsp3) is 0.364. The highest BCUT2D eigenvalue weighted by Gasteiger charge is 2.22. The molecule has 0 aromatic carbocycles. The van der Waals surface area contributed by atoms with E-state index >= 15 is 0 Å². The Morgan fingerprint density at radius 3 is 3.12 bits per heavy atom. The molecule has 80 valence electrons. The lowest BCUT2D eigenvalue weighted by Gasteiger charge is -2.30. The van der Waals surface area contributed by atoms with Gasteiger partial charge in [0.15, 0.2) is 6.10 Å². The molecule has 1 saturated heterocycles. The number of pyridine rings is 1. The van der Waals surface area contributed by atoms with Gasteiger partial charge in [-0.05, 0) is 12.1 Å². The average Bonchev–Trinajstić information content (AvgIpc) is 2.38. The molecule has 1 aliphatic rings. The number of hydrogen-bond donors (Lipinski definition) is 0. The van der Waals surface area contributed by atoms with E-state index in [9.17, 15) is 0 Å². The normalized spacial score (nSPS) is 19.9. The molecule has 2 heterocycles. The second-order valence-electron chi connectivity index (χ2n) is 3.42. The summed E-state index contributed by atoms with van der Waals surface area (Å²) in [6.45, 7) is 1.60. The first-order valence-corrected chi connectivity index (χ1v) is 4.96. The van der Waals surface area contributed by atoms with Gasteiger partial charge in [-0.2, -0.15) is 10.5 Å². The van der Waals surface area contributed by atoms with Gasteiger partial charge in [0.25, 0.3) is 0 Å². The third-order valence-electron chi connectivity index (χ3n) is 2.42. The molecule has 0 bridgehead atoms. The zero-order valence-corrected chi connectivity index (χ0v) is 8.63. The minimum absolute atomic E-state index is 0.442. The minimum atomic E-state index is -0.442. The number of rotatable bonds is 1. The van der Waals surface area contributed by atoms with Crippen molar-refractivity contribution in [3.63, 3.8) is 0 Å². The summed E-state index contributed by atoms with van der Waals surface area (Å²) in [6.07, 6.45) is 1.20. The molecule has 1 unspecified atom stereocenters. The van der Waals surface area contributed by atoms with Crippen molar-refractivity contribution in [1.29, 1.82) is 10.5 Å². The van der Waals surface area contributed by atoms with Crippen molar-refractivity contribution in [1.82, 2.24) is 4.98 Å². The van der Waals surface area contributed by atoms with E-state index in [0.717, 1.165) is 0 Å². The molecular weight excluding hydrogens is 204 g/mol. The molecule has 0 aliphatic carbocycles. The minimum Gasteiger partial charge on any atom is -0.360 e. The summed E-state index contributed by atoms with van der Waals surface area (Å²) in [5.74, 6) is 0.633. The third kappa shape index (κ3) is 1.95. The molecule has 0 spiro atoms. The van der Waals surface area contributed by atoms with E-state index in [1.54, 1.807) is 18.3 Å². The van der Waals surface area contributed by atoms with Crippen molar-refractivity contribution in [2.45, 2.75) is 6.10 Å². The molecule has 1 aromatic rings. The Labute approximate surface area is 93.5 Å². The van der Waals surface area contributed by atoms with Crippen molar-refractivity contribution in [2.24, 2.45) is 0 Å². The predicted octanol–water partition coefficient (Wildman–Crippen LogP) is 0.682. The molecule has 16 heavy (non-hydrogen) atoms. The summed E-state index contributed by atoms with van der Waals surface area (Å²) in [6, 6.07) is 7.61. The van der Waals surface area contributed by atoms with Crippen LogP contribution in [0.2, 0.25) is 0 Å². The van der Waals surface area contributed by atoms with Crippen LogP contribution >= 0.6 is 0 Å². The molecule has 0 saturated carbocycles. The number of nitrogens with zero attached hydrogens (tertiary/aromatic N) is 4. The number of aromatic nitrogens is 1. The fourth-order valence-corrected chi connectivity index (χ4v) is 1.66. The lowest BCUT2D eigenvalue weighted by Crippen LogP contribution is -2.42. The zero-order valence-electron chi connectivity index (χ0n) is 8.63. The van der Waals surface area contributed by atoms with Crippen LogP contribution in [0.5, 0.6) is 0 Å². The number of nitriles is 2. The zero-order chi connectivity index (χ0) is 11.4. The number of hydrogen-bond acceptors (Lipinski definition) is 5. The standard InChI is InChI=1S/C11H10N4O/c12-6-9-2-1-3-14-11(9)15-4-5-16-10(7-13)8-15/h1-3,10H,4-5,8H2. The molecule has 1 atom stereocenters. The van der Waals surface area contributed by atoms with Crippen molar-refractivity contribution < 1.29 is 4.74 Å². The fourth-order valence-electron chi connectivity index (χ4n) is 1.66. The van der Waals surface area contributed by atoms with Gasteiger partial charge in [-0.15, -0.1) is 0 Å². The molecule has 2 rings (SSSR count). The van der Waals surface area contributed by atoms with Crippen LogP contribution < -0.4 is 4.90 Å². The maximum absolute atomic E-state index is 8.96. The molecular formula is C11H10N4O. The largest absolute Gasteiger partial charge is 0.360 e. The van der Waals surface area contributed by atoms with Crippen LogP contribution in [0, 0.1) is 22.7 Å². The maximum atomic E-state index is 8.96. The Kier molecular flexibility index (Phi) is 3.00. The van der Waals surface area contributed by atoms with Gasteiger partial charge >= 0.3 is 0 Å². The maximum Gasteiger partial charge on any atom is 0.161 e. The van der Waals surface area contributed by atoms with Crippen LogP contribution in [0.1, 0.15) is 5.56 Å². The van der Waals surface area contributed by atoms with Gasteiger partial charge in [0.05, 0.1) is 24.8 Å². The predicted molar refractivity (Wildman–Crippen MR) is 56.5 cm³/mol. The molecule has 5 nitrogen and oxygen atoms in total. The Balaban J connectivity index is 2.24. The van der Waals surface area contributed by atoms with Crippen LogP contribution in [0.15, 0.2) is 18.3 Å². The average molecular weight is 214 g/mol. The first kappa shape index (κ1) is 10.4. The monoisotopic (exact) mass is 214 g/mol. The van der Waals surface area contributed by atoms with Crippen LogP contribution in [-0.4, -0.2) is 30.8 Å². The number of anilines is 1. The van der Waals surface area contributed by atoms with Gasteiger partial charge in [0, 0.05) is 12.7 Å². The van der Waals surface area contributed by atoms with Crippen molar-refractivity contribution >= 4 is 5.82 Å². The molecule has 1 aromatic heterocycles. The van der Waals surface area contributed by atoms with Gasteiger partial charge in [-0.25, -0.2) is 4.98 Å². The first-order chi connectivity index (χ1) is 7.85. The van der Waals surface area contributed by atoms with Gasteiger partial charge in [0.1, 0.15) is 11.9 Å². The van der Waals surface area contributed by atoms with Crippen molar-refractivity contribution in [3.05, 3.63) is 23.9 Å². The Morgan fingerprint density at radius 2 is 2.38 bits per heavy atom. The van der Waals surface area contributed by atoms with Gasteiger partial charge in [0.2, 0.25) is 0 Å². The first-order valence-electron chi connectivity index (χ1n) is 4.96. The molecule has 0 amide bonds. The van der Waals surface area contributed by atoms with E-state index in [4.69, 9.17) is 15.3 Å². The Hall–Kier alpha value is -2.11. The van der Waals surface area contributed by atoms with Crippen LogP contribution in [-0.2, 0) is 4.74 Å². The Bertz CT molecular complexity index is 460. The second kappa shape index (κ2) is 4.61. The highest BCUT2D eigenvalue weighted by molar-refractivity contribution is 5.53. The van der Waals surface area contributed by atoms with Crippen LogP contribution in [0.4, 0.5) is 5.82 Å². The van der Waals surface area contributed by atoms with E-state index in [1.165, 1.54) is 0 Å². The molecule has 1 fully saturated rings. The second-order valence-corrected chi connectivity index (χ2v) is 3.42. The Morgan fingerprint density at radius 1 is 1.50 bits per heavy atom. The summed E-state index contributed by atoms with van der Waals surface area (Å²) in [5.41, 5.74) is 0.529. The van der Waals surface area contributed by atoms with E-state index in [0.29, 0.717) is 31.1 Å².